The van der Waals surface area contributed by atoms with Crippen LogP contribution >= 0.6 is 22.7 Å². The van der Waals surface area contributed by atoms with Crippen LogP contribution in [0, 0.1) is 5.92 Å². The maximum Gasteiger partial charge on any atom is 0.231 e. The van der Waals surface area contributed by atoms with Gasteiger partial charge in [-0.1, -0.05) is 6.07 Å². The van der Waals surface area contributed by atoms with Crippen LogP contribution in [0.3, 0.4) is 0 Å². The number of amides is 2. The molecule has 1 aliphatic rings. The molecular formula is C15H18N4O2S2. The average Bonchev–Trinajstić information content (AvgIpc) is 3.09. The summed E-state index contributed by atoms with van der Waals surface area (Å²) in [6, 6.07) is 3.85. The first-order chi connectivity index (χ1) is 11.2. The molecule has 0 radical (unpaired) electrons. The van der Waals surface area contributed by atoms with Crippen LogP contribution in [0.1, 0.15) is 10.6 Å². The Balaban J connectivity index is 1.43. The van der Waals surface area contributed by atoms with Crippen LogP contribution in [0.15, 0.2) is 22.9 Å². The summed E-state index contributed by atoms with van der Waals surface area (Å²) < 4.78 is 0. The van der Waals surface area contributed by atoms with E-state index in [1.807, 2.05) is 22.9 Å². The van der Waals surface area contributed by atoms with Crippen LogP contribution in [0.25, 0.3) is 0 Å². The van der Waals surface area contributed by atoms with Gasteiger partial charge in [0.25, 0.3) is 0 Å². The van der Waals surface area contributed by atoms with Crippen LogP contribution in [0.4, 0.5) is 5.13 Å². The zero-order valence-corrected chi connectivity index (χ0v) is 14.1. The molecule has 3 rings (SSSR count). The fraction of sp³-hybridized carbons (Fsp3) is 0.400. The molecule has 1 fully saturated rings. The number of hydrogen-bond acceptors (Lipinski definition) is 6. The summed E-state index contributed by atoms with van der Waals surface area (Å²) >= 11 is 2.90. The number of carbonyl (C=O) groups excluding carboxylic acids is 2. The van der Waals surface area contributed by atoms with Crippen molar-refractivity contribution in [2.75, 3.05) is 25.0 Å². The Bertz CT molecular complexity index is 665. The topological polar surface area (TPSA) is 83.1 Å². The molecule has 0 spiro atoms. The lowest BCUT2D eigenvalue weighted by Crippen LogP contribution is -2.48. The van der Waals surface area contributed by atoms with Gasteiger partial charge in [-0.2, -0.15) is 0 Å². The first-order valence-corrected chi connectivity index (χ1v) is 9.19. The third-order valence-electron chi connectivity index (χ3n) is 3.51. The van der Waals surface area contributed by atoms with E-state index in [0.717, 1.165) is 18.0 Å². The molecule has 8 heteroatoms. The first kappa shape index (κ1) is 16.1. The molecule has 0 aromatic carbocycles. The molecule has 6 nitrogen and oxygen atoms in total. The lowest BCUT2D eigenvalue weighted by molar-refractivity contribution is -0.120. The van der Waals surface area contributed by atoms with Crippen LogP contribution in [0.2, 0.25) is 0 Å². The second kappa shape index (κ2) is 7.67. The molecule has 0 unspecified atom stereocenters. The fourth-order valence-corrected chi connectivity index (χ4v) is 3.59. The molecule has 0 aliphatic carbocycles. The Hall–Kier alpha value is -1.77. The SMILES string of the molecule is O=C(Cc1csc(NC(=O)Cc2cccs2)n1)NCC1CNC1. The molecular weight excluding hydrogens is 332 g/mol. The molecule has 0 bridgehead atoms. The van der Waals surface area contributed by atoms with E-state index in [2.05, 4.69) is 20.9 Å². The highest BCUT2D eigenvalue weighted by Crippen LogP contribution is 2.17. The van der Waals surface area contributed by atoms with E-state index in [9.17, 15) is 9.59 Å². The predicted octanol–water partition coefficient (Wildman–Crippen LogP) is 1.26. The molecule has 0 atom stereocenters. The zero-order valence-electron chi connectivity index (χ0n) is 12.5. The van der Waals surface area contributed by atoms with Gasteiger partial charge in [-0.15, -0.1) is 22.7 Å². The van der Waals surface area contributed by atoms with Crippen molar-refractivity contribution in [2.24, 2.45) is 5.92 Å². The van der Waals surface area contributed by atoms with E-state index < -0.39 is 0 Å². The second-order valence-corrected chi connectivity index (χ2v) is 7.34. The van der Waals surface area contributed by atoms with Crippen molar-refractivity contribution >= 4 is 39.6 Å². The monoisotopic (exact) mass is 350 g/mol. The van der Waals surface area contributed by atoms with Crippen molar-refractivity contribution in [3.8, 4) is 0 Å². The van der Waals surface area contributed by atoms with E-state index in [4.69, 9.17) is 0 Å². The highest BCUT2D eigenvalue weighted by molar-refractivity contribution is 7.14. The lowest BCUT2D eigenvalue weighted by atomic mass is 10.0. The van der Waals surface area contributed by atoms with Gasteiger partial charge in [0, 0.05) is 35.8 Å². The van der Waals surface area contributed by atoms with Crippen molar-refractivity contribution in [3.05, 3.63) is 33.5 Å². The summed E-state index contributed by atoms with van der Waals surface area (Å²) in [5.74, 6) is 0.426. The van der Waals surface area contributed by atoms with Crippen molar-refractivity contribution in [1.82, 2.24) is 15.6 Å². The summed E-state index contributed by atoms with van der Waals surface area (Å²) in [6.07, 6.45) is 0.597. The number of carbonyl (C=O) groups is 2. The summed E-state index contributed by atoms with van der Waals surface area (Å²) in [5.41, 5.74) is 0.686. The van der Waals surface area contributed by atoms with Crippen molar-refractivity contribution in [3.63, 3.8) is 0 Å². The van der Waals surface area contributed by atoms with Gasteiger partial charge < -0.3 is 16.0 Å². The van der Waals surface area contributed by atoms with Crippen LogP contribution < -0.4 is 16.0 Å². The van der Waals surface area contributed by atoms with Crippen molar-refractivity contribution in [1.29, 1.82) is 0 Å². The largest absolute Gasteiger partial charge is 0.355 e. The number of hydrogen-bond donors (Lipinski definition) is 3. The molecule has 23 heavy (non-hydrogen) atoms. The van der Waals surface area contributed by atoms with Crippen molar-refractivity contribution < 1.29 is 9.59 Å². The standard InChI is InChI=1S/C15H18N4O2S2/c20-13(17-8-10-6-16-7-10)4-11-9-23-15(18-11)19-14(21)5-12-2-1-3-22-12/h1-3,9-10,16H,4-8H2,(H,17,20)(H,18,19,21). The fourth-order valence-electron chi connectivity index (χ4n) is 2.16. The number of nitrogens with zero attached hydrogens (tertiary/aromatic N) is 1. The van der Waals surface area contributed by atoms with Crippen LogP contribution in [-0.2, 0) is 22.4 Å². The number of nitrogens with one attached hydrogen (secondary N) is 3. The number of thiazole rings is 1. The quantitative estimate of drug-likeness (QED) is 0.702. The smallest absolute Gasteiger partial charge is 0.231 e. The summed E-state index contributed by atoms with van der Waals surface area (Å²) in [4.78, 5) is 29.1. The Morgan fingerprint density at radius 1 is 1.26 bits per heavy atom. The van der Waals surface area contributed by atoms with E-state index in [-0.39, 0.29) is 18.2 Å². The van der Waals surface area contributed by atoms with Gasteiger partial charge in [0.1, 0.15) is 0 Å². The second-order valence-electron chi connectivity index (χ2n) is 5.45. The molecule has 2 aromatic heterocycles. The van der Waals surface area contributed by atoms with Gasteiger partial charge in [-0.25, -0.2) is 4.98 Å². The molecule has 3 heterocycles. The molecule has 0 saturated carbocycles. The van der Waals surface area contributed by atoms with E-state index >= 15 is 0 Å². The van der Waals surface area contributed by atoms with Gasteiger partial charge in [0.2, 0.25) is 11.8 Å². The Morgan fingerprint density at radius 2 is 2.13 bits per heavy atom. The predicted molar refractivity (Wildman–Crippen MR) is 91.8 cm³/mol. The molecule has 2 aromatic rings. The van der Waals surface area contributed by atoms with Gasteiger partial charge >= 0.3 is 0 Å². The lowest BCUT2D eigenvalue weighted by Gasteiger charge is -2.26. The van der Waals surface area contributed by atoms with Gasteiger partial charge in [0.15, 0.2) is 5.13 Å². The maximum atomic E-state index is 11.9. The number of anilines is 1. The average molecular weight is 350 g/mol. The summed E-state index contributed by atoms with van der Waals surface area (Å²) in [5, 5.41) is 13.2. The number of aromatic nitrogens is 1. The normalized spacial score (nSPS) is 14.3. The Kier molecular flexibility index (Phi) is 5.37. The summed E-state index contributed by atoms with van der Waals surface area (Å²) in [6.45, 7) is 2.65. The van der Waals surface area contributed by atoms with Gasteiger partial charge in [-0.05, 0) is 11.4 Å². The number of rotatable bonds is 7. The van der Waals surface area contributed by atoms with Crippen molar-refractivity contribution in [2.45, 2.75) is 12.8 Å². The minimum absolute atomic E-state index is 0.0290. The molecule has 1 aliphatic heterocycles. The highest BCUT2D eigenvalue weighted by atomic mass is 32.1. The minimum Gasteiger partial charge on any atom is -0.355 e. The molecule has 2 amide bonds. The first-order valence-electron chi connectivity index (χ1n) is 7.43. The maximum absolute atomic E-state index is 11.9. The van der Waals surface area contributed by atoms with Crippen LogP contribution in [-0.4, -0.2) is 36.4 Å². The summed E-state index contributed by atoms with van der Waals surface area (Å²) in [7, 11) is 0. The van der Waals surface area contributed by atoms with E-state index in [1.54, 1.807) is 11.3 Å². The number of thiophene rings is 1. The third kappa shape index (κ3) is 4.85. The van der Waals surface area contributed by atoms with E-state index in [1.165, 1.54) is 11.3 Å². The zero-order chi connectivity index (χ0) is 16.1. The highest BCUT2D eigenvalue weighted by Gasteiger charge is 2.17. The van der Waals surface area contributed by atoms with E-state index in [0.29, 0.717) is 29.7 Å². The Morgan fingerprint density at radius 3 is 2.83 bits per heavy atom. The molecule has 1 saturated heterocycles. The van der Waals surface area contributed by atoms with Crippen LogP contribution in [0.5, 0.6) is 0 Å². The van der Waals surface area contributed by atoms with Gasteiger partial charge in [-0.3, -0.25) is 9.59 Å². The minimum atomic E-state index is -0.0877. The Labute approximate surface area is 142 Å². The van der Waals surface area contributed by atoms with Gasteiger partial charge in [0.05, 0.1) is 18.5 Å². The molecule has 122 valence electrons. The molecule has 3 N–H and O–H groups in total. The third-order valence-corrected chi connectivity index (χ3v) is 5.19.